The van der Waals surface area contributed by atoms with Crippen LogP contribution in [-0.4, -0.2) is 16.8 Å². The zero-order valence-corrected chi connectivity index (χ0v) is 13.7. The average Bonchev–Trinajstić information content (AvgIpc) is 2.38. The highest BCUT2D eigenvalue weighted by atomic mass is 35.7. The third-order valence-corrected chi connectivity index (χ3v) is 4.89. The highest BCUT2D eigenvalue weighted by molar-refractivity contribution is 8.14. The van der Waals surface area contributed by atoms with Gasteiger partial charge in [0.05, 0.1) is 9.79 Å². The monoisotopic (exact) mass is 388 g/mol. The topological polar surface area (TPSA) is 68.3 Å². The van der Waals surface area contributed by atoms with E-state index >= 15 is 0 Å². The fourth-order valence-electron chi connectivity index (χ4n) is 1.22. The van der Waals surface area contributed by atoms with E-state index in [1.807, 2.05) is 0 Å². The molecule has 0 aromatic heterocycles. The first kappa shape index (κ1) is 18.8. The van der Waals surface area contributed by atoms with Gasteiger partial charge in [0.25, 0.3) is 18.1 Å². The van der Waals surface area contributed by atoms with Gasteiger partial charge in [0.1, 0.15) is 11.6 Å². The van der Waals surface area contributed by atoms with Crippen molar-refractivity contribution >= 4 is 39.5 Å². The number of hydrogen-bond acceptors (Lipinski definition) is 4. The van der Waals surface area contributed by atoms with Crippen molar-refractivity contribution in [2.45, 2.75) is 9.79 Å². The van der Waals surface area contributed by atoms with Crippen molar-refractivity contribution in [1.82, 2.24) is 0 Å². The van der Waals surface area contributed by atoms with Gasteiger partial charge in [0.2, 0.25) is 0 Å². The van der Waals surface area contributed by atoms with E-state index in [1.165, 1.54) is 12.1 Å². The third-order valence-electron chi connectivity index (χ3n) is 2.17. The normalized spacial score (nSPS) is 11.5. The molecule has 2 rings (SSSR count). The summed E-state index contributed by atoms with van der Waals surface area (Å²) >= 11 is 0. The van der Waals surface area contributed by atoms with Crippen LogP contribution in [0.25, 0.3) is 0 Å². The van der Waals surface area contributed by atoms with Crippen molar-refractivity contribution < 1.29 is 25.6 Å². The molecule has 0 aliphatic rings. The molecule has 0 bridgehead atoms. The van der Waals surface area contributed by atoms with Crippen LogP contribution in [0.4, 0.5) is 8.78 Å². The summed E-state index contributed by atoms with van der Waals surface area (Å²) in [4.78, 5) is -0.320. The van der Waals surface area contributed by atoms with Crippen LogP contribution in [0.5, 0.6) is 0 Å². The molecule has 120 valence electrons. The van der Waals surface area contributed by atoms with Gasteiger partial charge in [-0.15, -0.1) is 0 Å². The maximum absolute atomic E-state index is 12.4. The fraction of sp³-hybridized carbons (Fsp3) is 0. The van der Waals surface area contributed by atoms with E-state index in [4.69, 9.17) is 21.4 Å². The molecule has 0 aliphatic carbocycles. The van der Waals surface area contributed by atoms with Gasteiger partial charge in [-0.2, -0.15) is 0 Å². The summed E-state index contributed by atoms with van der Waals surface area (Å²) in [6, 6.07) is 8.81. The summed E-state index contributed by atoms with van der Waals surface area (Å²) in [5.41, 5.74) is 0. The molecule has 0 saturated carbocycles. The Morgan fingerprint density at radius 3 is 1.55 bits per heavy atom. The molecule has 0 fully saturated rings. The molecule has 0 unspecified atom stereocenters. The summed E-state index contributed by atoms with van der Waals surface area (Å²) in [5.74, 6) is -1.11. The summed E-state index contributed by atoms with van der Waals surface area (Å²) in [6.07, 6.45) is 0. The van der Waals surface area contributed by atoms with Gasteiger partial charge >= 0.3 is 0 Å². The van der Waals surface area contributed by atoms with Gasteiger partial charge in [-0.3, -0.25) is 0 Å². The summed E-state index contributed by atoms with van der Waals surface area (Å²) in [6.45, 7) is 0. The van der Waals surface area contributed by atoms with Crippen molar-refractivity contribution in [3.05, 3.63) is 60.2 Å². The molecule has 10 heteroatoms. The van der Waals surface area contributed by atoms with Crippen LogP contribution in [0, 0.1) is 11.6 Å². The lowest BCUT2D eigenvalue weighted by molar-refractivity contribution is 0.602. The highest BCUT2D eigenvalue weighted by Crippen LogP contribution is 2.15. The Labute approximate surface area is 135 Å². The van der Waals surface area contributed by atoms with Crippen LogP contribution in [0.1, 0.15) is 0 Å². The summed E-state index contributed by atoms with van der Waals surface area (Å²) in [7, 11) is 2.39. The lowest BCUT2D eigenvalue weighted by Crippen LogP contribution is -1.90. The predicted octanol–water partition coefficient (Wildman–Crippen LogP) is 3.51. The largest absolute Gasteiger partial charge is 0.261 e. The first-order valence-corrected chi connectivity index (χ1v) is 10.0. The Morgan fingerprint density at radius 2 is 1.18 bits per heavy atom. The second kappa shape index (κ2) is 7.36. The van der Waals surface area contributed by atoms with Crippen LogP contribution in [0.3, 0.4) is 0 Å². The first-order valence-electron chi connectivity index (χ1n) is 5.40. The fourth-order valence-corrected chi connectivity index (χ4v) is 2.77. The molecule has 0 atom stereocenters. The van der Waals surface area contributed by atoms with E-state index in [9.17, 15) is 25.6 Å². The van der Waals surface area contributed by atoms with Crippen LogP contribution in [-0.2, 0) is 18.1 Å². The van der Waals surface area contributed by atoms with E-state index in [1.54, 1.807) is 0 Å². The lowest BCUT2D eigenvalue weighted by atomic mass is 10.4. The second-order valence-electron chi connectivity index (χ2n) is 3.79. The molecule has 0 amide bonds. The molecule has 2 aromatic carbocycles. The molecule has 0 radical (unpaired) electrons. The van der Waals surface area contributed by atoms with Crippen molar-refractivity contribution in [2.24, 2.45) is 0 Å². The molecule has 0 saturated heterocycles. The Bertz CT molecular complexity index is 851. The number of halogens is 4. The molecule has 0 spiro atoms. The van der Waals surface area contributed by atoms with Crippen molar-refractivity contribution in [2.75, 3.05) is 0 Å². The molecule has 0 aliphatic heterocycles. The van der Waals surface area contributed by atoms with Gasteiger partial charge < -0.3 is 0 Å². The van der Waals surface area contributed by atoms with Crippen molar-refractivity contribution in [1.29, 1.82) is 0 Å². The summed E-state index contributed by atoms with van der Waals surface area (Å²) < 4.78 is 67.0. The average molecular weight is 389 g/mol. The van der Waals surface area contributed by atoms with Crippen LogP contribution < -0.4 is 0 Å². The number of rotatable bonds is 2. The summed E-state index contributed by atoms with van der Waals surface area (Å²) in [5, 5.41) is 0. The lowest BCUT2D eigenvalue weighted by Gasteiger charge is -1.93. The van der Waals surface area contributed by atoms with Gasteiger partial charge in [-0.05, 0) is 42.5 Å². The van der Waals surface area contributed by atoms with Crippen molar-refractivity contribution in [3.63, 3.8) is 0 Å². The zero-order chi connectivity index (χ0) is 17.0. The zero-order valence-electron chi connectivity index (χ0n) is 10.6. The van der Waals surface area contributed by atoms with E-state index in [0.29, 0.717) is 0 Å². The molecule has 4 nitrogen and oxygen atoms in total. The molecular weight excluding hydrogens is 381 g/mol. The van der Waals surface area contributed by atoms with Crippen LogP contribution in [0.2, 0.25) is 0 Å². The maximum Gasteiger partial charge on any atom is 0.261 e. The van der Waals surface area contributed by atoms with E-state index < -0.39 is 29.7 Å². The van der Waals surface area contributed by atoms with Gasteiger partial charge in [0, 0.05) is 21.4 Å². The Kier molecular flexibility index (Phi) is 6.30. The van der Waals surface area contributed by atoms with E-state index in [0.717, 1.165) is 36.4 Å². The first-order chi connectivity index (χ1) is 10.00. The Morgan fingerprint density at radius 1 is 0.682 bits per heavy atom. The molecule has 22 heavy (non-hydrogen) atoms. The minimum absolute atomic E-state index is 0.0967. The van der Waals surface area contributed by atoms with Crippen LogP contribution in [0.15, 0.2) is 58.3 Å². The van der Waals surface area contributed by atoms with Crippen LogP contribution >= 0.6 is 21.4 Å². The Balaban J connectivity index is 0.000000220. The second-order valence-corrected chi connectivity index (χ2v) is 8.92. The highest BCUT2D eigenvalue weighted by Gasteiger charge is 2.09. The Hall–Kier alpha value is -1.22. The van der Waals surface area contributed by atoms with Gasteiger partial charge in [-0.1, -0.05) is 6.07 Å². The van der Waals surface area contributed by atoms with E-state index in [2.05, 4.69) is 0 Å². The minimum Gasteiger partial charge on any atom is -0.207 e. The van der Waals surface area contributed by atoms with Crippen molar-refractivity contribution in [3.8, 4) is 0 Å². The minimum atomic E-state index is -3.79. The molecule has 0 N–H and O–H groups in total. The van der Waals surface area contributed by atoms with Gasteiger partial charge in [-0.25, -0.2) is 25.6 Å². The SMILES string of the molecule is O=S(=O)(Cl)c1ccc(F)cc1.O=S(=O)(Cl)c1cccc(F)c1. The predicted molar refractivity (Wildman–Crippen MR) is 78.9 cm³/mol. The maximum atomic E-state index is 12.4. The van der Waals surface area contributed by atoms with E-state index in [-0.39, 0.29) is 9.79 Å². The quantitative estimate of drug-likeness (QED) is 0.738. The van der Waals surface area contributed by atoms with Gasteiger partial charge in [0.15, 0.2) is 0 Å². The smallest absolute Gasteiger partial charge is 0.207 e. The molecule has 2 aromatic rings. The number of hydrogen-bond donors (Lipinski definition) is 0. The number of benzene rings is 2. The standard InChI is InChI=1S/2C6H4ClFO2S/c7-11(9,10)6-3-1-5(8)2-4-6;7-11(9,10)6-3-1-2-5(8)4-6/h2*1-4H. The molecular formula is C12H8Cl2F2O4S2. The molecule has 0 heterocycles. The third kappa shape index (κ3) is 6.27.